The van der Waals surface area contributed by atoms with Crippen molar-refractivity contribution in [2.24, 2.45) is 0 Å². The predicted molar refractivity (Wildman–Crippen MR) is 103 cm³/mol. The fourth-order valence-corrected chi connectivity index (χ4v) is 4.32. The Kier molecular flexibility index (Phi) is 5.02. The minimum atomic E-state index is -0.0228. The molecule has 4 rings (SSSR count). The molecule has 26 heavy (non-hydrogen) atoms. The molecule has 2 aliphatic heterocycles. The van der Waals surface area contributed by atoms with E-state index in [1.807, 2.05) is 30.3 Å². The van der Waals surface area contributed by atoms with Crippen LogP contribution in [0.2, 0.25) is 10.0 Å². The van der Waals surface area contributed by atoms with Crippen LogP contribution in [0.1, 0.15) is 22.8 Å². The Morgan fingerprint density at radius 3 is 2.54 bits per heavy atom. The topological polar surface area (TPSA) is 30.9 Å². The van der Waals surface area contributed by atoms with E-state index in [2.05, 4.69) is 4.90 Å². The van der Waals surface area contributed by atoms with Crippen molar-refractivity contribution in [1.82, 2.24) is 4.90 Å². The summed E-state index contributed by atoms with van der Waals surface area (Å²) in [5, 5.41) is 1.18. The molecule has 2 heterocycles. The number of hydrogen-bond acceptors (Lipinski definition) is 4. The van der Waals surface area contributed by atoms with Crippen molar-refractivity contribution in [2.75, 3.05) is 27.3 Å². The number of methoxy groups -OCH3 is 2. The van der Waals surface area contributed by atoms with Crippen LogP contribution in [0.3, 0.4) is 0 Å². The smallest absolute Gasteiger partial charge is 0.125 e. The Morgan fingerprint density at radius 2 is 1.81 bits per heavy atom. The SMILES string of the molecule is COc1ccc(OC)c2c1C[C@@H]1CN(Cc3ccc(Cl)c(Cl)c3)C[C@H]2O1. The second kappa shape index (κ2) is 7.28. The van der Waals surface area contributed by atoms with Gasteiger partial charge in [-0.3, -0.25) is 4.90 Å². The van der Waals surface area contributed by atoms with Gasteiger partial charge in [-0.15, -0.1) is 0 Å². The molecule has 0 saturated carbocycles. The second-order valence-corrected chi connectivity index (χ2v) is 7.57. The van der Waals surface area contributed by atoms with Crippen LogP contribution in [0.25, 0.3) is 0 Å². The van der Waals surface area contributed by atoms with Gasteiger partial charge in [-0.2, -0.15) is 0 Å². The monoisotopic (exact) mass is 393 g/mol. The molecule has 0 N–H and O–H groups in total. The molecule has 2 atom stereocenters. The zero-order valence-corrected chi connectivity index (χ0v) is 16.3. The standard InChI is InChI=1S/C20H21Cl2NO3/c1-24-17-5-6-18(25-2)20-14(17)8-13-10-23(11-19(20)26-13)9-12-3-4-15(21)16(22)7-12/h3-7,13,19H,8-11H2,1-2H3/t13-,19-/m1/s1. The zero-order valence-electron chi connectivity index (χ0n) is 14.8. The van der Waals surface area contributed by atoms with Gasteiger partial charge in [0.25, 0.3) is 0 Å². The number of benzene rings is 2. The summed E-state index contributed by atoms with van der Waals surface area (Å²) < 4.78 is 17.4. The predicted octanol–water partition coefficient (Wildman–Crippen LogP) is 4.51. The van der Waals surface area contributed by atoms with Gasteiger partial charge in [0.2, 0.25) is 0 Å². The van der Waals surface area contributed by atoms with Gasteiger partial charge < -0.3 is 14.2 Å². The second-order valence-electron chi connectivity index (χ2n) is 6.76. The van der Waals surface area contributed by atoms with Gasteiger partial charge in [0, 0.05) is 37.2 Å². The number of nitrogens with zero attached hydrogens (tertiary/aromatic N) is 1. The van der Waals surface area contributed by atoms with Crippen LogP contribution in [0.4, 0.5) is 0 Å². The number of hydrogen-bond donors (Lipinski definition) is 0. The lowest BCUT2D eigenvalue weighted by Gasteiger charge is -2.43. The molecule has 1 fully saturated rings. The highest BCUT2D eigenvalue weighted by molar-refractivity contribution is 6.42. The normalized spacial score (nSPS) is 22.0. The van der Waals surface area contributed by atoms with Crippen molar-refractivity contribution in [3.63, 3.8) is 0 Å². The number of ether oxygens (including phenoxy) is 3. The fraction of sp³-hybridized carbons (Fsp3) is 0.400. The molecular formula is C20H21Cl2NO3. The molecule has 2 bridgehead atoms. The molecule has 2 aliphatic rings. The van der Waals surface area contributed by atoms with E-state index in [1.54, 1.807) is 14.2 Å². The largest absolute Gasteiger partial charge is 0.496 e. The van der Waals surface area contributed by atoms with Crippen molar-refractivity contribution < 1.29 is 14.2 Å². The first-order chi connectivity index (χ1) is 12.6. The van der Waals surface area contributed by atoms with Crippen LogP contribution < -0.4 is 9.47 Å². The van der Waals surface area contributed by atoms with Crippen LogP contribution in [0.15, 0.2) is 30.3 Å². The van der Waals surface area contributed by atoms with Gasteiger partial charge >= 0.3 is 0 Å². The molecule has 138 valence electrons. The summed E-state index contributed by atoms with van der Waals surface area (Å²) in [6.07, 6.45) is 0.944. The number of rotatable bonds is 4. The molecule has 0 aliphatic carbocycles. The van der Waals surface area contributed by atoms with Gasteiger partial charge in [0.1, 0.15) is 11.5 Å². The summed E-state index contributed by atoms with van der Waals surface area (Å²) in [5.41, 5.74) is 3.47. The lowest BCUT2D eigenvalue weighted by Crippen LogP contribution is -2.47. The first-order valence-corrected chi connectivity index (χ1v) is 9.40. The zero-order chi connectivity index (χ0) is 18.3. The minimum Gasteiger partial charge on any atom is -0.496 e. The molecular weight excluding hydrogens is 373 g/mol. The highest BCUT2D eigenvalue weighted by atomic mass is 35.5. The first kappa shape index (κ1) is 17.9. The first-order valence-electron chi connectivity index (χ1n) is 8.64. The quantitative estimate of drug-likeness (QED) is 0.764. The van der Waals surface area contributed by atoms with Gasteiger partial charge in [-0.1, -0.05) is 29.3 Å². The number of fused-ring (bicyclic) bond motifs is 4. The van der Waals surface area contributed by atoms with E-state index in [-0.39, 0.29) is 12.2 Å². The van der Waals surface area contributed by atoms with Crippen molar-refractivity contribution in [1.29, 1.82) is 0 Å². The molecule has 4 nitrogen and oxygen atoms in total. The molecule has 0 amide bonds. The van der Waals surface area contributed by atoms with E-state index in [0.717, 1.165) is 48.7 Å². The van der Waals surface area contributed by atoms with Crippen molar-refractivity contribution >= 4 is 23.2 Å². The van der Waals surface area contributed by atoms with Crippen LogP contribution in [0.5, 0.6) is 11.5 Å². The average Bonchev–Trinajstić information content (AvgIpc) is 2.63. The summed E-state index contributed by atoms with van der Waals surface area (Å²) in [6.45, 7) is 2.48. The van der Waals surface area contributed by atoms with Gasteiger partial charge in [0.15, 0.2) is 0 Å². The Morgan fingerprint density at radius 1 is 1.04 bits per heavy atom. The molecule has 6 heteroatoms. The van der Waals surface area contributed by atoms with E-state index >= 15 is 0 Å². The van der Waals surface area contributed by atoms with Crippen LogP contribution in [-0.4, -0.2) is 38.3 Å². The Hall–Kier alpha value is -1.46. The molecule has 0 spiro atoms. The minimum absolute atomic E-state index is 0.0228. The summed E-state index contributed by atoms with van der Waals surface area (Å²) in [5.74, 6) is 1.78. The van der Waals surface area contributed by atoms with E-state index in [1.165, 1.54) is 5.56 Å². The van der Waals surface area contributed by atoms with Crippen LogP contribution >= 0.6 is 23.2 Å². The lowest BCUT2D eigenvalue weighted by molar-refractivity contribution is -0.0997. The number of morpholine rings is 1. The summed E-state index contributed by atoms with van der Waals surface area (Å²) >= 11 is 12.2. The summed E-state index contributed by atoms with van der Waals surface area (Å²) in [7, 11) is 3.41. The van der Waals surface area contributed by atoms with Gasteiger partial charge in [-0.25, -0.2) is 0 Å². The molecule has 2 aromatic carbocycles. The Balaban J connectivity index is 1.60. The third kappa shape index (κ3) is 3.27. The lowest BCUT2D eigenvalue weighted by atomic mass is 9.89. The average molecular weight is 394 g/mol. The molecule has 0 unspecified atom stereocenters. The molecule has 0 aromatic heterocycles. The molecule has 1 saturated heterocycles. The maximum atomic E-state index is 6.28. The van der Waals surface area contributed by atoms with E-state index < -0.39 is 0 Å². The third-order valence-corrected chi connectivity index (χ3v) is 5.84. The third-order valence-electron chi connectivity index (χ3n) is 5.10. The van der Waals surface area contributed by atoms with Crippen molar-refractivity contribution in [2.45, 2.75) is 25.2 Å². The van der Waals surface area contributed by atoms with Gasteiger partial charge in [0.05, 0.1) is 36.5 Å². The maximum absolute atomic E-state index is 6.28. The maximum Gasteiger partial charge on any atom is 0.125 e. The highest BCUT2D eigenvalue weighted by Crippen LogP contribution is 2.44. The van der Waals surface area contributed by atoms with E-state index in [4.69, 9.17) is 37.4 Å². The number of halogens is 2. The molecule has 2 aromatic rings. The summed E-state index contributed by atoms with van der Waals surface area (Å²) in [4.78, 5) is 2.40. The van der Waals surface area contributed by atoms with E-state index in [0.29, 0.717) is 10.0 Å². The van der Waals surface area contributed by atoms with Crippen molar-refractivity contribution in [3.05, 3.63) is 57.1 Å². The highest BCUT2D eigenvalue weighted by Gasteiger charge is 2.38. The van der Waals surface area contributed by atoms with Crippen molar-refractivity contribution in [3.8, 4) is 11.5 Å². The Bertz CT molecular complexity index is 827. The van der Waals surface area contributed by atoms with Crippen LogP contribution in [0, 0.1) is 0 Å². The van der Waals surface area contributed by atoms with Crippen LogP contribution in [-0.2, 0) is 17.7 Å². The van der Waals surface area contributed by atoms with Gasteiger partial charge in [-0.05, 0) is 29.8 Å². The molecule has 0 radical (unpaired) electrons. The van der Waals surface area contributed by atoms with E-state index in [9.17, 15) is 0 Å². The Labute approximate surface area is 163 Å². The summed E-state index contributed by atoms with van der Waals surface area (Å²) in [6, 6.07) is 9.75. The fourth-order valence-electron chi connectivity index (χ4n) is 4.00.